The molecule has 2 N–H and O–H groups in total. The molecule has 0 aliphatic rings. The molecule has 6 nitrogen and oxygen atoms in total. The minimum absolute atomic E-state index is 0.0164. The number of para-hydroxylation sites is 1. The van der Waals surface area contributed by atoms with Crippen molar-refractivity contribution >= 4 is 50.5 Å². The number of anilines is 2. The van der Waals surface area contributed by atoms with Gasteiger partial charge in [-0.1, -0.05) is 48.3 Å². The fourth-order valence-electron chi connectivity index (χ4n) is 2.89. The minimum Gasteiger partial charge on any atom is -0.481 e. The van der Waals surface area contributed by atoms with Crippen LogP contribution in [0.4, 0.5) is 11.4 Å². The van der Waals surface area contributed by atoms with Crippen LogP contribution in [0.5, 0.6) is 5.75 Å². The predicted octanol–water partition coefficient (Wildman–Crippen LogP) is 5.76. The van der Waals surface area contributed by atoms with Gasteiger partial charge in [-0.15, -0.1) is 0 Å². The van der Waals surface area contributed by atoms with E-state index in [1.807, 2.05) is 31.2 Å². The molecule has 0 aliphatic heterocycles. The van der Waals surface area contributed by atoms with Gasteiger partial charge in [0.2, 0.25) is 0 Å². The van der Waals surface area contributed by atoms with E-state index in [4.69, 9.17) is 27.9 Å². The molecule has 9 heteroatoms. The van der Waals surface area contributed by atoms with Crippen LogP contribution >= 0.6 is 23.2 Å². The highest BCUT2D eigenvalue weighted by molar-refractivity contribution is 7.92. The van der Waals surface area contributed by atoms with E-state index in [2.05, 4.69) is 10.0 Å². The molecule has 0 aromatic heterocycles. The van der Waals surface area contributed by atoms with E-state index in [0.717, 1.165) is 12.0 Å². The number of rotatable bonds is 8. The molecule has 0 bridgehead atoms. The fourth-order valence-corrected chi connectivity index (χ4v) is 4.48. The Labute approximate surface area is 197 Å². The zero-order chi connectivity index (χ0) is 23.3. The Morgan fingerprint density at radius 1 is 1.03 bits per heavy atom. The smallest absolute Gasteiger partial charge is 0.265 e. The lowest BCUT2D eigenvalue weighted by Crippen LogP contribution is -2.30. The number of aryl methyl sites for hydroxylation is 1. The van der Waals surface area contributed by atoms with Crippen LogP contribution in [0.3, 0.4) is 0 Å². The largest absolute Gasteiger partial charge is 0.481 e. The first-order valence-corrected chi connectivity index (χ1v) is 12.1. The number of benzene rings is 3. The summed E-state index contributed by atoms with van der Waals surface area (Å²) in [5, 5.41) is 3.31. The van der Waals surface area contributed by atoms with Crippen molar-refractivity contribution in [1.29, 1.82) is 0 Å². The summed E-state index contributed by atoms with van der Waals surface area (Å²) in [6, 6.07) is 17.8. The minimum atomic E-state index is -3.87. The second kappa shape index (κ2) is 10.3. The zero-order valence-electron chi connectivity index (χ0n) is 17.4. The molecule has 0 fully saturated rings. The number of carbonyl (C=O) groups excluding carboxylic acids is 1. The van der Waals surface area contributed by atoms with Gasteiger partial charge in [0.15, 0.2) is 6.10 Å². The molecule has 0 spiro atoms. The molecular formula is C23H22Cl2N2O4S. The zero-order valence-corrected chi connectivity index (χ0v) is 19.8. The average molecular weight is 493 g/mol. The van der Waals surface area contributed by atoms with E-state index in [9.17, 15) is 13.2 Å². The summed E-state index contributed by atoms with van der Waals surface area (Å²) in [5.74, 6) is 0.309. The van der Waals surface area contributed by atoms with E-state index in [1.54, 1.807) is 6.92 Å². The van der Waals surface area contributed by atoms with Crippen LogP contribution in [0.1, 0.15) is 19.4 Å². The Balaban J connectivity index is 1.66. The Morgan fingerprint density at radius 3 is 2.38 bits per heavy atom. The number of amides is 1. The second-order valence-electron chi connectivity index (χ2n) is 6.96. The highest BCUT2D eigenvalue weighted by Gasteiger charge is 2.18. The Kier molecular flexibility index (Phi) is 7.66. The summed E-state index contributed by atoms with van der Waals surface area (Å²) in [7, 11) is -3.87. The monoisotopic (exact) mass is 492 g/mol. The molecule has 0 heterocycles. The SMILES string of the molecule is CCc1ccccc1O[C@H](C)C(=O)Nc1ccc(S(=O)(=O)Nc2ccc(Cl)cc2Cl)cc1. The molecule has 0 unspecified atom stereocenters. The van der Waals surface area contributed by atoms with Crippen LogP contribution in [0, 0.1) is 0 Å². The maximum Gasteiger partial charge on any atom is 0.265 e. The maximum absolute atomic E-state index is 12.6. The molecule has 0 aliphatic carbocycles. The molecule has 0 radical (unpaired) electrons. The van der Waals surface area contributed by atoms with Crippen LogP contribution in [0.25, 0.3) is 0 Å². The maximum atomic E-state index is 12.6. The van der Waals surface area contributed by atoms with Crippen molar-refractivity contribution in [3.8, 4) is 5.75 Å². The van der Waals surface area contributed by atoms with E-state index in [1.165, 1.54) is 42.5 Å². The number of sulfonamides is 1. The lowest BCUT2D eigenvalue weighted by atomic mass is 10.1. The first-order valence-electron chi connectivity index (χ1n) is 9.83. The highest BCUT2D eigenvalue weighted by atomic mass is 35.5. The molecule has 168 valence electrons. The molecule has 3 aromatic rings. The van der Waals surface area contributed by atoms with E-state index >= 15 is 0 Å². The van der Waals surface area contributed by atoms with Crippen molar-refractivity contribution in [3.05, 3.63) is 82.3 Å². The normalized spacial score (nSPS) is 12.1. The van der Waals surface area contributed by atoms with Gasteiger partial charge < -0.3 is 10.1 Å². The lowest BCUT2D eigenvalue weighted by molar-refractivity contribution is -0.122. The predicted molar refractivity (Wildman–Crippen MR) is 128 cm³/mol. The first-order chi connectivity index (χ1) is 15.2. The molecule has 1 amide bonds. The van der Waals surface area contributed by atoms with Gasteiger partial charge in [-0.25, -0.2) is 8.42 Å². The van der Waals surface area contributed by atoms with Crippen molar-refractivity contribution in [2.24, 2.45) is 0 Å². The third-order valence-corrected chi connectivity index (χ3v) is 6.56. The number of nitrogens with one attached hydrogen (secondary N) is 2. The van der Waals surface area contributed by atoms with Gasteiger partial charge in [-0.2, -0.15) is 0 Å². The second-order valence-corrected chi connectivity index (χ2v) is 9.49. The number of carbonyl (C=O) groups is 1. The van der Waals surface area contributed by atoms with Gasteiger partial charge in [-0.05, 0) is 67.4 Å². The van der Waals surface area contributed by atoms with E-state index in [-0.39, 0.29) is 21.5 Å². The third kappa shape index (κ3) is 5.94. The number of hydrogen-bond donors (Lipinski definition) is 2. The van der Waals surface area contributed by atoms with Crippen molar-refractivity contribution in [2.75, 3.05) is 10.0 Å². The average Bonchev–Trinajstić information content (AvgIpc) is 2.76. The Morgan fingerprint density at radius 2 is 1.72 bits per heavy atom. The van der Waals surface area contributed by atoms with Crippen LogP contribution in [0.15, 0.2) is 71.6 Å². The molecule has 1 atom stereocenters. The molecule has 3 aromatic carbocycles. The molecular weight excluding hydrogens is 471 g/mol. The topological polar surface area (TPSA) is 84.5 Å². The summed E-state index contributed by atoms with van der Waals surface area (Å²) < 4.78 is 33.5. The van der Waals surface area contributed by atoms with Crippen molar-refractivity contribution in [1.82, 2.24) is 0 Å². The standard InChI is InChI=1S/C23H22Cl2N2O4S/c1-3-16-6-4-5-7-22(16)31-15(2)23(28)26-18-9-11-19(12-10-18)32(29,30)27-21-13-8-17(24)14-20(21)25/h4-15,27H,3H2,1-2H3,(H,26,28)/t15-/m1/s1. The van der Waals surface area contributed by atoms with Gasteiger partial charge in [-0.3, -0.25) is 9.52 Å². The van der Waals surface area contributed by atoms with Gasteiger partial charge in [0.05, 0.1) is 15.6 Å². The summed E-state index contributed by atoms with van der Waals surface area (Å²) in [6.45, 7) is 3.67. The third-order valence-electron chi connectivity index (χ3n) is 4.63. The van der Waals surface area contributed by atoms with E-state index < -0.39 is 16.1 Å². The van der Waals surface area contributed by atoms with Gasteiger partial charge in [0.1, 0.15) is 5.75 Å². The van der Waals surface area contributed by atoms with Crippen LogP contribution < -0.4 is 14.8 Å². The van der Waals surface area contributed by atoms with Gasteiger partial charge in [0, 0.05) is 10.7 Å². The van der Waals surface area contributed by atoms with Gasteiger partial charge >= 0.3 is 0 Å². The van der Waals surface area contributed by atoms with Crippen molar-refractivity contribution < 1.29 is 17.9 Å². The number of ether oxygens (including phenoxy) is 1. The summed E-state index contributed by atoms with van der Waals surface area (Å²) in [6.07, 6.45) is 0.0511. The quantitative estimate of drug-likeness (QED) is 0.418. The summed E-state index contributed by atoms with van der Waals surface area (Å²) in [5.41, 5.74) is 1.67. The van der Waals surface area contributed by atoms with Crippen LogP contribution in [-0.4, -0.2) is 20.4 Å². The highest BCUT2D eigenvalue weighted by Crippen LogP contribution is 2.28. The fraction of sp³-hybridized carbons (Fsp3) is 0.174. The Bertz CT molecular complexity index is 1210. The first kappa shape index (κ1) is 23.9. The van der Waals surface area contributed by atoms with Crippen LogP contribution in [0.2, 0.25) is 10.0 Å². The molecule has 0 saturated carbocycles. The van der Waals surface area contributed by atoms with Crippen molar-refractivity contribution in [3.63, 3.8) is 0 Å². The lowest BCUT2D eigenvalue weighted by Gasteiger charge is -2.17. The number of hydrogen-bond acceptors (Lipinski definition) is 4. The number of halogens is 2. The summed E-state index contributed by atoms with van der Waals surface area (Å²) in [4.78, 5) is 12.5. The van der Waals surface area contributed by atoms with Gasteiger partial charge in [0.25, 0.3) is 15.9 Å². The Hall–Kier alpha value is -2.74. The summed E-state index contributed by atoms with van der Waals surface area (Å²) >= 11 is 11.9. The molecule has 0 saturated heterocycles. The molecule has 3 rings (SSSR count). The van der Waals surface area contributed by atoms with Crippen molar-refractivity contribution in [2.45, 2.75) is 31.3 Å². The van der Waals surface area contributed by atoms with Crippen LogP contribution in [-0.2, 0) is 21.2 Å². The molecule has 32 heavy (non-hydrogen) atoms. The van der Waals surface area contributed by atoms with E-state index in [0.29, 0.717) is 16.5 Å².